The number of amides is 1. The molecule has 3 aromatic rings. The van der Waals surface area contributed by atoms with Crippen LogP contribution in [0.5, 0.6) is 5.88 Å². The number of aliphatic hydroxyl groups is 1. The summed E-state index contributed by atoms with van der Waals surface area (Å²) >= 11 is 6.00. The van der Waals surface area contributed by atoms with Gasteiger partial charge < -0.3 is 15.2 Å². The van der Waals surface area contributed by atoms with Crippen molar-refractivity contribution in [2.75, 3.05) is 13.2 Å². The number of halogens is 5. The summed E-state index contributed by atoms with van der Waals surface area (Å²) < 4.78 is 56.7. The monoisotopic (exact) mass is 489 g/mol. The summed E-state index contributed by atoms with van der Waals surface area (Å²) in [5.41, 5.74) is 1.64. The maximum atomic E-state index is 13.0. The van der Waals surface area contributed by atoms with Crippen LogP contribution in [0.2, 0.25) is 5.02 Å². The van der Waals surface area contributed by atoms with Gasteiger partial charge in [-0.1, -0.05) is 11.6 Å². The Morgan fingerprint density at radius 2 is 2.12 bits per heavy atom. The molecule has 3 aromatic heterocycles. The molecule has 0 aliphatic carbocycles. The maximum absolute atomic E-state index is 13.0. The largest absolute Gasteiger partial charge is 0.470 e. The van der Waals surface area contributed by atoms with Crippen molar-refractivity contribution in [3.63, 3.8) is 0 Å². The average molecular weight is 490 g/mol. The highest BCUT2D eigenvalue weighted by Crippen LogP contribution is 2.28. The van der Waals surface area contributed by atoms with Crippen LogP contribution >= 0.6 is 11.6 Å². The van der Waals surface area contributed by atoms with Crippen LogP contribution in [0.1, 0.15) is 18.2 Å². The van der Waals surface area contributed by atoms with Gasteiger partial charge in [0.05, 0.1) is 30.3 Å². The van der Waals surface area contributed by atoms with Gasteiger partial charge in [-0.3, -0.25) is 14.5 Å². The fourth-order valence-electron chi connectivity index (χ4n) is 2.82. The minimum Gasteiger partial charge on any atom is -0.470 e. The molecule has 178 valence electrons. The SMILES string of the molecule is C[C@H](O)CNC(=O)Cc1nccc2nn(Cc3cnc(OCC(F)(F)C(F)F)c(Cl)c3)cc12. The number of hydrogen-bond acceptors (Lipinski definition) is 6. The number of carbonyl (C=O) groups is 1. The van der Waals surface area contributed by atoms with E-state index < -0.39 is 25.1 Å². The lowest BCUT2D eigenvalue weighted by atomic mass is 10.2. The second kappa shape index (κ2) is 10.3. The van der Waals surface area contributed by atoms with Gasteiger partial charge in [0.15, 0.2) is 6.61 Å². The minimum atomic E-state index is -4.32. The molecule has 0 aliphatic rings. The summed E-state index contributed by atoms with van der Waals surface area (Å²) in [6.07, 6.45) is -0.0286. The zero-order chi connectivity index (χ0) is 24.2. The van der Waals surface area contributed by atoms with Gasteiger partial charge >= 0.3 is 12.3 Å². The topological polar surface area (TPSA) is 102 Å². The quantitative estimate of drug-likeness (QED) is 0.425. The molecule has 3 rings (SSSR count). The number of rotatable bonds is 10. The molecule has 13 heteroatoms. The Kier molecular flexibility index (Phi) is 7.69. The Labute approximate surface area is 190 Å². The third-order valence-corrected chi connectivity index (χ3v) is 4.69. The fraction of sp³-hybridized carbons (Fsp3) is 0.400. The van der Waals surface area contributed by atoms with E-state index >= 15 is 0 Å². The van der Waals surface area contributed by atoms with Gasteiger partial charge in [-0.2, -0.15) is 13.9 Å². The number of carbonyl (C=O) groups excluding carboxylic acids is 1. The van der Waals surface area contributed by atoms with E-state index in [2.05, 4.69) is 25.1 Å². The molecule has 1 amide bonds. The van der Waals surface area contributed by atoms with Crippen molar-refractivity contribution < 1.29 is 32.2 Å². The van der Waals surface area contributed by atoms with Crippen LogP contribution in [0.4, 0.5) is 17.6 Å². The van der Waals surface area contributed by atoms with Gasteiger partial charge in [0, 0.05) is 30.5 Å². The van der Waals surface area contributed by atoms with Gasteiger partial charge in [-0.05, 0) is 24.6 Å². The molecular formula is C20H20ClF4N5O3. The molecule has 1 atom stereocenters. The first kappa shape index (κ1) is 24.6. The van der Waals surface area contributed by atoms with E-state index in [4.69, 9.17) is 11.6 Å². The molecule has 3 heterocycles. The van der Waals surface area contributed by atoms with Crippen molar-refractivity contribution in [3.8, 4) is 5.88 Å². The van der Waals surface area contributed by atoms with E-state index in [1.165, 1.54) is 18.5 Å². The molecule has 33 heavy (non-hydrogen) atoms. The first-order valence-electron chi connectivity index (χ1n) is 9.74. The van der Waals surface area contributed by atoms with Crippen LogP contribution in [0.3, 0.4) is 0 Å². The van der Waals surface area contributed by atoms with Crippen molar-refractivity contribution in [2.45, 2.75) is 38.3 Å². The number of alkyl halides is 4. The summed E-state index contributed by atoms with van der Waals surface area (Å²) in [5.74, 6) is -5.01. The molecule has 0 aromatic carbocycles. The predicted octanol–water partition coefficient (Wildman–Crippen LogP) is 2.85. The van der Waals surface area contributed by atoms with Gasteiger partial charge in [-0.25, -0.2) is 13.8 Å². The Morgan fingerprint density at radius 3 is 2.79 bits per heavy atom. The van der Waals surface area contributed by atoms with Crippen molar-refractivity contribution in [1.82, 2.24) is 25.1 Å². The molecule has 8 nitrogen and oxygen atoms in total. The Balaban J connectivity index is 1.71. The number of pyridine rings is 2. The summed E-state index contributed by atoms with van der Waals surface area (Å²) in [6, 6.07) is 3.08. The highest BCUT2D eigenvalue weighted by atomic mass is 35.5. The minimum absolute atomic E-state index is 0.00156. The first-order chi connectivity index (χ1) is 15.5. The van der Waals surface area contributed by atoms with Crippen LogP contribution in [0.25, 0.3) is 10.9 Å². The lowest BCUT2D eigenvalue weighted by Crippen LogP contribution is -2.34. The normalized spacial score (nSPS) is 12.8. The number of aromatic nitrogens is 4. The van der Waals surface area contributed by atoms with E-state index in [0.717, 1.165) is 0 Å². The summed E-state index contributed by atoms with van der Waals surface area (Å²) in [4.78, 5) is 20.1. The predicted molar refractivity (Wildman–Crippen MR) is 111 cm³/mol. The molecule has 0 bridgehead atoms. The number of aliphatic hydroxyl groups excluding tert-OH is 1. The van der Waals surface area contributed by atoms with Gasteiger partial charge in [0.2, 0.25) is 11.8 Å². The standard InChI is InChI=1S/C20H20ClF4N5O3/c1-11(31)6-27-17(32)5-16-13-9-30(29-15(13)2-3-26-16)8-12-4-14(21)18(28-7-12)33-10-20(24,25)19(22)23/h2-4,7,9,11,19,31H,5-6,8,10H2,1H3,(H,27,32)/t11-/m0/s1. The van der Waals surface area contributed by atoms with E-state index in [-0.39, 0.29) is 36.3 Å². The van der Waals surface area contributed by atoms with Gasteiger partial charge in [-0.15, -0.1) is 0 Å². The first-order valence-corrected chi connectivity index (χ1v) is 10.1. The Hall–Kier alpha value is -2.99. The van der Waals surface area contributed by atoms with E-state index in [9.17, 15) is 27.5 Å². The summed E-state index contributed by atoms with van der Waals surface area (Å²) in [7, 11) is 0. The number of hydrogen-bond donors (Lipinski definition) is 2. The molecular weight excluding hydrogens is 470 g/mol. The maximum Gasteiger partial charge on any atom is 0.340 e. The third-order valence-electron chi connectivity index (χ3n) is 4.42. The second-order valence-electron chi connectivity index (χ2n) is 7.33. The van der Waals surface area contributed by atoms with Crippen LogP contribution in [0, 0.1) is 0 Å². The zero-order valence-corrected chi connectivity index (χ0v) is 18.1. The van der Waals surface area contributed by atoms with Crippen molar-refractivity contribution in [1.29, 1.82) is 0 Å². The van der Waals surface area contributed by atoms with Crippen LogP contribution in [-0.2, 0) is 17.8 Å². The molecule has 0 saturated heterocycles. The number of fused-ring (bicyclic) bond motifs is 1. The molecule has 0 radical (unpaired) electrons. The molecule has 0 unspecified atom stereocenters. The Bertz CT molecular complexity index is 1130. The van der Waals surface area contributed by atoms with E-state index in [1.54, 1.807) is 23.9 Å². The summed E-state index contributed by atoms with van der Waals surface area (Å²) in [6.45, 7) is 0.327. The van der Waals surface area contributed by atoms with Crippen LogP contribution < -0.4 is 10.1 Å². The van der Waals surface area contributed by atoms with E-state index in [0.29, 0.717) is 22.2 Å². The van der Waals surface area contributed by atoms with Crippen LogP contribution in [-0.4, -0.2) is 62.4 Å². The summed E-state index contributed by atoms with van der Waals surface area (Å²) in [5, 5.41) is 16.8. The van der Waals surface area contributed by atoms with Crippen molar-refractivity contribution in [3.05, 3.63) is 47.0 Å². The zero-order valence-electron chi connectivity index (χ0n) is 17.3. The fourth-order valence-corrected chi connectivity index (χ4v) is 3.06. The van der Waals surface area contributed by atoms with Crippen molar-refractivity contribution in [2.24, 2.45) is 0 Å². The number of nitrogens with zero attached hydrogens (tertiary/aromatic N) is 4. The molecule has 0 aliphatic heterocycles. The third kappa shape index (κ3) is 6.51. The molecule has 0 fully saturated rings. The number of ether oxygens (including phenoxy) is 1. The van der Waals surface area contributed by atoms with Crippen molar-refractivity contribution >= 4 is 28.4 Å². The lowest BCUT2D eigenvalue weighted by Gasteiger charge is -2.16. The van der Waals surface area contributed by atoms with Gasteiger partial charge in [0.1, 0.15) is 5.02 Å². The van der Waals surface area contributed by atoms with E-state index in [1.807, 2.05) is 0 Å². The van der Waals surface area contributed by atoms with Gasteiger partial charge in [0.25, 0.3) is 0 Å². The Morgan fingerprint density at radius 1 is 1.36 bits per heavy atom. The lowest BCUT2D eigenvalue weighted by molar-refractivity contribution is -0.148. The highest BCUT2D eigenvalue weighted by molar-refractivity contribution is 6.31. The average Bonchev–Trinajstić information content (AvgIpc) is 3.15. The second-order valence-corrected chi connectivity index (χ2v) is 7.74. The highest BCUT2D eigenvalue weighted by Gasteiger charge is 2.42. The molecule has 0 saturated carbocycles. The smallest absolute Gasteiger partial charge is 0.340 e. The molecule has 0 spiro atoms. The number of nitrogens with one attached hydrogen (secondary N) is 1. The van der Waals surface area contributed by atoms with Crippen LogP contribution in [0.15, 0.2) is 30.7 Å². The molecule has 2 N–H and O–H groups in total.